The van der Waals surface area contributed by atoms with Crippen molar-refractivity contribution in [2.45, 2.75) is 37.3 Å². The summed E-state index contributed by atoms with van der Waals surface area (Å²) in [5.74, 6) is 0.803. The van der Waals surface area contributed by atoms with Crippen molar-refractivity contribution in [3.05, 3.63) is 33.5 Å². The van der Waals surface area contributed by atoms with E-state index in [1.807, 2.05) is 11.8 Å². The first kappa shape index (κ1) is 13.4. The van der Waals surface area contributed by atoms with Crippen LogP contribution < -0.4 is 5.32 Å². The topological polar surface area (TPSA) is 12.0 Å². The van der Waals surface area contributed by atoms with Gasteiger partial charge in [-0.3, -0.25) is 0 Å². The van der Waals surface area contributed by atoms with E-state index in [-0.39, 0.29) is 11.9 Å². The summed E-state index contributed by atoms with van der Waals surface area (Å²) in [4.78, 5) is 0. The van der Waals surface area contributed by atoms with E-state index < -0.39 is 0 Å². The molecule has 0 aromatic heterocycles. The molecule has 0 bridgehead atoms. The Kier molecular flexibility index (Phi) is 4.50. The molecule has 94 valence electrons. The standard InChI is InChI=1S/C13H17BrFNS/c1-3-16-13-4-8(2)17-7-11-10(13)5-9(15)6-12(11)14/h5-6,8,13,16H,3-4,7H2,1-2H3. The molecule has 1 aromatic carbocycles. The van der Waals surface area contributed by atoms with Crippen LogP contribution in [0.15, 0.2) is 16.6 Å². The molecule has 2 rings (SSSR count). The fraction of sp³-hybridized carbons (Fsp3) is 0.538. The molecule has 0 saturated heterocycles. The Morgan fingerprint density at radius 3 is 3.00 bits per heavy atom. The van der Waals surface area contributed by atoms with Gasteiger partial charge in [0.15, 0.2) is 0 Å². The third-order valence-electron chi connectivity index (χ3n) is 3.10. The second kappa shape index (κ2) is 5.72. The summed E-state index contributed by atoms with van der Waals surface area (Å²) in [6, 6.07) is 3.52. The molecule has 0 fully saturated rings. The summed E-state index contributed by atoms with van der Waals surface area (Å²) in [5, 5.41) is 4.06. The highest BCUT2D eigenvalue weighted by molar-refractivity contribution is 9.10. The van der Waals surface area contributed by atoms with Crippen LogP contribution in [0.1, 0.15) is 37.4 Å². The molecule has 1 nitrogen and oxygen atoms in total. The number of halogens is 2. The highest BCUT2D eigenvalue weighted by Gasteiger charge is 2.24. The van der Waals surface area contributed by atoms with Gasteiger partial charge in [-0.15, -0.1) is 0 Å². The largest absolute Gasteiger partial charge is 0.310 e. The average molecular weight is 318 g/mol. The third kappa shape index (κ3) is 3.04. The minimum Gasteiger partial charge on any atom is -0.310 e. The summed E-state index contributed by atoms with van der Waals surface area (Å²) < 4.78 is 14.4. The van der Waals surface area contributed by atoms with Crippen LogP contribution in [0.3, 0.4) is 0 Å². The van der Waals surface area contributed by atoms with E-state index in [4.69, 9.17) is 0 Å². The van der Waals surface area contributed by atoms with E-state index in [1.165, 1.54) is 5.56 Å². The molecular weight excluding hydrogens is 301 g/mol. The molecule has 1 aromatic rings. The lowest BCUT2D eigenvalue weighted by molar-refractivity contribution is 0.511. The highest BCUT2D eigenvalue weighted by atomic mass is 79.9. The van der Waals surface area contributed by atoms with Gasteiger partial charge in [-0.1, -0.05) is 29.8 Å². The molecule has 0 amide bonds. The van der Waals surface area contributed by atoms with Crippen LogP contribution >= 0.6 is 27.7 Å². The van der Waals surface area contributed by atoms with Gasteiger partial charge in [0.2, 0.25) is 0 Å². The Morgan fingerprint density at radius 2 is 2.29 bits per heavy atom. The quantitative estimate of drug-likeness (QED) is 0.874. The van der Waals surface area contributed by atoms with Crippen LogP contribution in [0.2, 0.25) is 0 Å². The number of hydrogen-bond donors (Lipinski definition) is 1. The molecule has 17 heavy (non-hydrogen) atoms. The van der Waals surface area contributed by atoms with Crippen LogP contribution in [0.4, 0.5) is 4.39 Å². The van der Waals surface area contributed by atoms with Crippen LogP contribution in [0, 0.1) is 5.82 Å². The SMILES string of the molecule is CCNC1CC(C)SCc2c(Br)cc(F)cc21. The second-order valence-corrected chi connectivity index (χ2v) is 6.70. The van der Waals surface area contributed by atoms with Crippen LogP contribution in [0.5, 0.6) is 0 Å². The third-order valence-corrected chi connectivity index (χ3v) is 5.02. The maximum Gasteiger partial charge on any atom is 0.124 e. The van der Waals surface area contributed by atoms with Crippen molar-refractivity contribution in [1.29, 1.82) is 0 Å². The van der Waals surface area contributed by atoms with Crippen molar-refractivity contribution in [1.82, 2.24) is 5.32 Å². The summed E-state index contributed by atoms with van der Waals surface area (Å²) in [5.41, 5.74) is 2.36. The monoisotopic (exact) mass is 317 g/mol. The van der Waals surface area contributed by atoms with Crippen molar-refractivity contribution < 1.29 is 4.39 Å². The van der Waals surface area contributed by atoms with E-state index in [0.717, 1.165) is 28.8 Å². The smallest absolute Gasteiger partial charge is 0.124 e. The fourth-order valence-corrected chi connectivity index (χ4v) is 4.15. The molecule has 4 heteroatoms. The van der Waals surface area contributed by atoms with E-state index in [2.05, 4.69) is 35.1 Å². The van der Waals surface area contributed by atoms with Gasteiger partial charge in [0.05, 0.1) is 0 Å². The fourth-order valence-electron chi connectivity index (χ4n) is 2.28. The number of hydrogen-bond acceptors (Lipinski definition) is 2. The van der Waals surface area contributed by atoms with Crippen molar-refractivity contribution in [3.63, 3.8) is 0 Å². The normalized spacial score (nSPS) is 24.2. The van der Waals surface area contributed by atoms with Gasteiger partial charge < -0.3 is 5.32 Å². The maximum absolute atomic E-state index is 13.5. The van der Waals surface area contributed by atoms with Gasteiger partial charge in [-0.25, -0.2) is 4.39 Å². The first-order chi connectivity index (χ1) is 8.11. The molecule has 0 saturated carbocycles. The maximum atomic E-state index is 13.5. The van der Waals surface area contributed by atoms with E-state index in [9.17, 15) is 4.39 Å². The van der Waals surface area contributed by atoms with Crippen LogP contribution in [-0.2, 0) is 5.75 Å². The zero-order valence-electron chi connectivity index (χ0n) is 10.1. The zero-order valence-corrected chi connectivity index (χ0v) is 12.5. The lowest BCUT2D eigenvalue weighted by Crippen LogP contribution is -2.23. The lowest BCUT2D eigenvalue weighted by Gasteiger charge is -2.20. The van der Waals surface area contributed by atoms with Crippen molar-refractivity contribution in [3.8, 4) is 0 Å². The van der Waals surface area contributed by atoms with Gasteiger partial charge in [0, 0.05) is 21.5 Å². The number of nitrogens with one attached hydrogen (secondary N) is 1. The second-order valence-electron chi connectivity index (χ2n) is 4.42. The summed E-state index contributed by atoms with van der Waals surface area (Å²) in [6.07, 6.45) is 1.06. The Labute approximate surface area is 115 Å². The summed E-state index contributed by atoms with van der Waals surface area (Å²) in [7, 11) is 0. The van der Waals surface area contributed by atoms with Gasteiger partial charge in [0.25, 0.3) is 0 Å². The van der Waals surface area contributed by atoms with Gasteiger partial charge in [-0.2, -0.15) is 11.8 Å². The summed E-state index contributed by atoms with van der Waals surface area (Å²) in [6.45, 7) is 5.25. The number of thioether (sulfide) groups is 1. The predicted molar refractivity (Wildman–Crippen MR) is 75.9 cm³/mol. The molecule has 0 radical (unpaired) electrons. The van der Waals surface area contributed by atoms with E-state index in [0.29, 0.717) is 5.25 Å². The van der Waals surface area contributed by atoms with Gasteiger partial charge in [0.1, 0.15) is 5.82 Å². The Morgan fingerprint density at radius 1 is 1.53 bits per heavy atom. The zero-order chi connectivity index (χ0) is 12.4. The molecule has 1 aliphatic rings. The lowest BCUT2D eigenvalue weighted by atomic mass is 9.97. The minimum absolute atomic E-state index is 0.155. The minimum atomic E-state index is -0.155. The van der Waals surface area contributed by atoms with Gasteiger partial charge >= 0.3 is 0 Å². The highest BCUT2D eigenvalue weighted by Crippen LogP contribution is 2.38. The molecule has 1 aliphatic heterocycles. The van der Waals surface area contributed by atoms with E-state index in [1.54, 1.807) is 12.1 Å². The van der Waals surface area contributed by atoms with Crippen molar-refractivity contribution in [2.75, 3.05) is 6.54 Å². The Balaban J connectivity index is 2.43. The molecule has 0 spiro atoms. The average Bonchev–Trinajstić information content (AvgIpc) is 2.40. The Bertz CT molecular complexity index is 411. The first-order valence-corrected chi connectivity index (χ1v) is 7.78. The molecule has 2 unspecified atom stereocenters. The summed E-state index contributed by atoms with van der Waals surface area (Å²) >= 11 is 5.42. The molecule has 2 atom stereocenters. The number of fused-ring (bicyclic) bond motifs is 1. The Hall–Kier alpha value is -0.0600. The predicted octanol–water partition coefficient (Wildman–Crippen LogP) is 4.26. The van der Waals surface area contributed by atoms with E-state index >= 15 is 0 Å². The molecule has 1 N–H and O–H groups in total. The van der Waals surface area contributed by atoms with Crippen LogP contribution in [0.25, 0.3) is 0 Å². The molecule has 1 heterocycles. The number of rotatable bonds is 2. The first-order valence-electron chi connectivity index (χ1n) is 5.94. The van der Waals surface area contributed by atoms with Crippen molar-refractivity contribution in [2.24, 2.45) is 0 Å². The van der Waals surface area contributed by atoms with Gasteiger partial charge in [-0.05, 0) is 36.2 Å². The van der Waals surface area contributed by atoms with Crippen molar-refractivity contribution >= 4 is 27.7 Å². The molecular formula is C13H17BrFNS. The van der Waals surface area contributed by atoms with Crippen LogP contribution in [-0.4, -0.2) is 11.8 Å². The number of benzene rings is 1. The molecule has 0 aliphatic carbocycles.